The van der Waals surface area contributed by atoms with Crippen molar-refractivity contribution in [3.8, 4) is 0 Å². The highest BCUT2D eigenvalue weighted by atomic mass is 32.1. The van der Waals surface area contributed by atoms with Crippen LogP contribution in [0.1, 0.15) is 42.0 Å². The van der Waals surface area contributed by atoms with E-state index in [1.54, 1.807) is 18.4 Å². The average molecular weight is 352 g/mol. The van der Waals surface area contributed by atoms with Gasteiger partial charge in [-0.15, -0.1) is 11.3 Å². The lowest BCUT2D eigenvalue weighted by Crippen LogP contribution is -2.43. The predicted molar refractivity (Wildman–Crippen MR) is 99.5 cm³/mol. The van der Waals surface area contributed by atoms with Crippen LogP contribution >= 0.6 is 11.3 Å². The zero-order valence-corrected chi connectivity index (χ0v) is 15.5. The van der Waals surface area contributed by atoms with Crippen LogP contribution in [0.15, 0.2) is 11.2 Å². The Kier molecular flexibility index (Phi) is 8.01. The lowest BCUT2D eigenvalue weighted by molar-refractivity contribution is -0.125. The fourth-order valence-electron chi connectivity index (χ4n) is 2.90. The molecule has 1 aliphatic rings. The number of nitrogens with one attached hydrogen (secondary N) is 3. The number of carbonyl (C=O) groups is 1. The van der Waals surface area contributed by atoms with Crippen molar-refractivity contribution in [3.05, 3.63) is 16.1 Å². The van der Waals surface area contributed by atoms with Crippen molar-refractivity contribution in [1.82, 2.24) is 20.9 Å². The van der Waals surface area contributed by atoms with E-state index in [9.17, 15) is 4.79 Å². The molecule has 0 saturated heterocycles. The molecule has 2 rings (SSSR count). The first-order chi connectivity index (χ1) is 11.7. The minimum atomic E-state index is 0.207. The third-order valence-electron chi connectivity index (χ3n) is 4.22. The number of rotatable bonds is 7. The summed E-state index contributed by atoms with van der Waals surface area (Å²) < 4.78 is 0. The van der Waals surface area contributed by atoms with Gasteiger partial charge in [-0.2, -0.15) is 0 Å². The number of carbonyl (C=O) groups excluding carboxylic acids is 1. The van der Waals surface area contributed by atoms with Gasteiger partial charge in [0.25, 0.3) is 0 Å². The molecule has 134 valence electrons. The largest absolute Gasteiger partial charge is 0.356 e. The second-order valence-electron chi connectivity index (χ2n) is 6.17. The maximum Gasteiger partial charge on any atom is 0.223 e. The summed E-state index contributed by atoms with van der Waals surface area (Å²) in [4.78, 5) is 21.8. The monoisotopic (exact) mass is 351 g/mol. The van der Waals surface area contributed by atoms with Crippen molar-refractivity contribution in [2.24, 2.45) is 10.9 Å². The van der Waals surface area contributed by atoms with Crippen molar-refractivity contribution in [1.29, 1.82) is 0 Å². The molecule has 7 heteroatoms. The lowest BCUT2D eigenvalue weighted by Gasteiger charge is -2.21. The zero-order chi connectivity index (χ0) is 17.2. The molecule has 0 unspecified atom stereocenters. The normalized spacial score (nSPS) is 16.0. The van der Waals surface area contributed by atoms with Crippen LogP contribution in [0.25, 0.3) is 0 Å². The van der Waals surface area contributed by atoms with Crippen molar-refractivity contribution < 1.29 is 4.79 Å². The highest BCUT2D eigenvalue weighted by Crippen LogP contribution is 2.23. The summed E-state index contributed by atoms with van der Waals surface area (Å²) in [5.74, 6) is 1.19. The molecule has 1 aliphatic carbocycles. The van der Waals surface area contributed by atoms with E-state index in [-0.39, 0.29) is 11.8 Å². The molecule has 0 atom stereocenters. The van der Waals surface area contributed by atoms with Gasteiger partial charge in [-0.05, 0) is 19.8 Å². The van der Waals surface area contributed by atoms with Crippen LogP contribution in [0, 0.1) is 12.8 Å². The summed E-state index contributed by atoms with van der Waals surface area (Å²) >= 11 is 1.73. The number of aliphatic imine (C=N–C) groups is 1. The van der Waals surface area contributed by atoms with Crippen molar-refractivity contribution >= 4 is 23.2 Å². The Morgan fingerprint density at radius 3 is 2.58 bits per heavy atom. The maximum atomic E-state index is 12.1. The number of aryl methyl sites for hydroxylation is 1. The van der Waals surface area contributed by atoms with Gasteiger partial charge in [0.15, 0.2) is 5.96 Å². The third-order valence-corrected chi connectivity index (χ3v) is 5.19. The Morgan fingerprint density at radius 2 is 1.92 bits per heavy atom. The first-order valence-corrected chi connectivity index (χ1v) is 9.64. The molecule has 1 saturated carbocycles. The summed E-state index contributed by atoms with van der Waals surface area (Å²) in [6.07, 6.45) is 8.52. The van der Waals surface area contributed by atoms with Gasteiger partial charge in [-0.3, -0.25) is 9.79 Å². The second-order valence-corrected chi connectivity index (χ2v) is 7.49. The Balaban J connectivity index is 1.56. The van der Waals surface area contributed by atoms with Gasteiger partial charge in [0.2, 0.25) is 5.91 Å². The molecule has 1 aromatic rings. The van der Waals surface area contributed by atoms with E-state index in [1.807, 2.05) is 6.20 Å². The predicted octanol–water partition coefficient (Wildman–Crippen LogP) is 1.86. The van der Waals surface area contributed by atoms with E-state index in [4.69, 9.17) is 0 Å². The number of nitrogens with zero attached hydrogens (tertiary/aromatic N) is 2. The minimum Gasteiger partial charge on any atom is -0.356 e. The Morgan fingerprint density at radius 1 is 1.21 bits per heavy atom. The van der Waals surface area contributed by atoms with Crippen LogP contribution in [0.3, 0.4) is 0 Å². The van der Waals surface area contributed by atoms with E-state index in [0.29, 0.717) is 13.1 Å². The molecular formula is C17H29N5OS. The summed E-state index contributed by atoms with van der Waals surface area (Å²) in [5.41, 5.74) is 0. The summed E-state index contributed by atoms with van der Waals surface area (Å²) in [7, 11) is 1.75. The van der Waals surface area contributed by atoms with Gasteiger partial charge in [0.05, 0.1) is 5.01 Å². The van der Waals surface area contributed by atoms with E-state index in [0.717, 1.165) is 36.8 Å². The smallest absolute Gasteiger partial charge is 0.223 e. The molecule has 3 N–H and O–H groups in total. The SMILES string of the molecule is CN=C(NCCNC(=O)C1CCCCC1)NCCc1ncc(C)s1. The van der Waals surface area contributed by atoms with Gasteiger partial charge in [-0.25, -0.2) is 4.98 Å². The topological polar surface area (TPSA) is 78.4 Å². The molecule has 1 aromatic heterocycles. The molecule has 6 nitrogen and oxygen atoms in total. The molecule has 0 aliphatic heterocycles. The van der Waals surface area contributed by atoms with Gasteiger partial charge in [0, 0.05) is 50.1 Å². The fourth-order valence-corrected chi connectivity index (χ4v) is 3.69. The number of amides is 1. The highest BCUT2D eigenvalue weighted by molar-refractivity contribution is 7.11. The fraction of sp³-hybridized carbons (Fsp3) is 0.706. The van der Waals surface area contributed by atoms with Crippen LogP contribution in [0.5, 0.6) is 0 Å². The summed E-state index contributed by atoms with van der Waals surface area (Å²) in [6.45, 7) is 4.16. The number of aromatic nitrogens is 1. The summed E-state index contributed by atoms with van der Waals surface area (Å²) in [6, 6.07) is 0. The quantitative estimate of drug-likeness (QED) is 0.398. The second kappa shape index (κ2) is 10.3. The maximum absolute atomic E-state index is 12.1. The van der Waals surface area contributed by atoms with Crippen molar-refractivity contribution in [2.75, 3.05) is 26.7 Å². The standard InChI is InChI=1S/C17H29N5OS/c1-13-12-22-15(24-13)8-9-20-17(18-2)21-11-10-19-16(23)14-6-4-3-5-7-14/h12,14H,3-11H2,1-2H3,(H,19,23)(H2,18,20,21). The highest BCUT2D eigenvalue weighted by Gasteiger charge is 2.20. The van der Waals surface area contributed by atoms with Gasteiger partial charge in [0.1, 0.15) is 0 Å². The van der Waals surface area contributed by atoms with Crippen molar-refractivity contribution in [2.45, 2.75) is 45.4 Å². The third kappa shape index (κ3) is 6.47. The van der Waals surface area contributed by atoms with Crippen LogP contribution < -0.4 is 16.0 Å². The molecular weight excluding hydrogens is 322 g/mol. The Bertz CT molecular complexity index is 537. The number of hydrogen-bond donors (Lipinski definition) is 3. The van der Waals surface area contributed by atoms with Crippen LogP contribution in [-0.4, -0.2) is 43.5 Å². The first kappa shape index (κ1) is 18.7. The average Bonchev–Trinajstić information content (AvgIpc) is 3.02. The molecule has 24 heavy (non-hydrogen) atoms. The minimum absolute atomic E-state index is 0.207. The molecule has 1 fully saturated rings. The van der Waals surface area contributed by atoms with Gasteiger partial charge < -0.3 is 16.0 Å². The molecule has 1 amide bonds. The molecule has 1 heterocycles. The molecule has 0 spiro atoms. The van der Waals surface area contributed by atoms with Crippen LogP contribution in [-0.2, 0) is 11.2 Å². The molecule has 0 radical (unpaired) electrons. The van der Waals surface area contributed by atoms with Gasteiger partial charge in [-0.1, -0.05) is 19.3 Å². The van der Waals surface area contributed by atoms with Crippen LogP contribution in [0.2, 0.25) is 0 Å². The molecule has 0 aromatic carbocycles. The van der Waals surface area contributed by atoms with E-state index in [2.05, 4.69) is 32.9 Å². The van der Waals surface area contributed by atoms with Gasteiger partial charge >= 0.3 is 0 Å². The summed E-state index contributed by atoms with van der Waals surface area (Å²) in [5, 5.41) is 10.7. The van der Waals surface area contributed by atoms with E-state index < -0.39 is 0 Å². The van der Waals surface area contributed by atoms with Crippen molar-refractivity contribution in [3.63, 3.8) is 0 Å². The molecule has 0 bridgehead atoms. The Hall–Kier alpha value is -1.63. The Labute approximate surface area is 148 Å². The van der Waals surface area contributed by atoms with Crippen LogP contribution in [0.4, 0.5) is 0 Å². The number of hydrogen-bond acceptors (Lipinski definition) is 4. The first-order valence-electron chi connectivity index (χ1n) is 8.82. The van der Waals surface area contributed by atoms with E-state index in [1.165, 1.54) is 24.1 Å². The lowest BCUT2D eigenvalue weighted by atomic mass is 9.89. The number of guanidine groups is 1. The zero-order valence-electron chi connectivity index (χ0n) is 14.7. The van der Waals surface area contributed by atoms with E-state index >= 15 is 0 Å². The number of thiazole rings is 1.